The molecule has 0 amide bonds. The number of halogens is 7. The topological polar surface area (TPSA) is 55.1 Å². The van der Waals surface area contributed by atoms with Crippen LogP contribution in [0.4, 0.5) is 36.6 Å². The second-order valence-electron chi connectivity index (χ2n) is 8.18. The third-order valence-electron chi connectivity index (χ3n) is 5.02. The van der Waals surface area contributed by atoms with Crippen molar-refractivity contribution < 1.29 is 30.7 Å². The van der Waals surface area contributed by atoms with E-state index >= 15 is 0 Å². The highest BCUT2D eigenvalue weighted by molar-refractivity contribution is 5.92. The standard InChI is InChI=1S/C23H16F7N5/c1-23(2,21(29)30)4-3-11-5-12(7-13(24)6-11)20-33-34-22-32-19(31-10-17(27)28)15-8-14(25)9-16(26)18(15)35(20)22/h5-9,17,21H,10H2,1-2H3,(H,31,32,34). The Morgan fingerprint density at radius 2 is 1.69 bits per heavy atom. The SMILES string of the molecule is CC(C)(C#Cc1cc(F)cc(-c2nnc3nc(NCC(F)F)c4cc(F)cc(F)c4n23)c1)C(F)F. The van der Waals surface area contributed by atoms with Crippen molar-refractivity contribution in [3.63, 3.8) is 0 Å². The van der Waals surface area contributed by atoms with E-state index in [4.69, 9.17) is 0 Å². The number of fused-ring (bicyclic) bond motifs is 3. The lowest BCUT2D eigenvalue weighted by Crippen LogP contribution is -2.19. The highest BCUT2D eigenvalue weighted by atomic mass is 19.3. The van der Waals surface area contributed by atoms with Crippen molar-refractivity contribution >= 4 is 22.5 Å². The molecule has 2 aromatic carbocycles. The van der Waals surface area contributed by atoms with E-state index in [-0.39, 0.29) is 39.4 Å². The lowest BCUT2D eigenvalue weighted by Gasteiger charge is -2.15. The minimum absolute atomic E-state index is 0.0458. The first-order valence-corrected chi connectivity index (χ1v) is 10.1. The summed E-state index contributed by atoms with van der Waals surface area (Å²) in [6.07, 6.45) is -5.51. The minimum Gasteiger partial charge on any atom is -0.364 e. The first-order chi connectivity index (χ1) is 16.5. The third kappa shape index (κ3) is 4.84. The molecule has 0 bridgehead atoms. The van der Waals surface area contributed by atoms with Crippen molar-refractivity contribution in [1.29, 1.82) is 0 Å². The molecule has 0 fully saturated rings. The van der Waals surface area contributed by atoms with Gasteiger partial charge in [-0.15, -0.1) is 10.2 Å². The molecule has 0 radical (unpaired) electrons. The van der Waals surface area contributed by atoms with Crippen LogP contribution in [0.2, 0.25) is 0 Å². The van der Waals surface area contributed by atoms with Crippen molar-refractivity contribution in [1.82, 2.24) is 19.6 Å². The van der Waals surface area contributed by atoms with Crippen LogP contribution in [0.3, 0.4) is 0 Å². The van der Waals surface area contributed by atoms with Gasteiger partial charge in [0.2, 0.25) is 0 Å². The number of aromatic nitrogens is 4. The highest BCUT2D eigenvalue weighted by Gasteiger charge is 2.27. The van der Waals surface area contributed by atoms with E-state index in [0.717, 1.165) is 22.6 Å². The normalized spacial score (nSPS) is 12.0. The van der Waals surface area contributed by atoms with Crippen LogP contribution in [0.15, 0.2) is 30.3 Å². The van der Waals surface area contributed by atoms with E-state index in [2.05, 4.69) is 32.3 Å². The first kappa shape index (κ1) is 24.3. The summed E-state index contributed by atoms with van der Waals surface area (Å²) in [7, 11) is 0. The van der Waals surface area contributed by atoms with Crippen molar-refractivity contribution in [2.75, 3.05) is 11.9 Å². The Kier molecular flexibility index (Phi) is 6.27. The number of nitrogens with zero attached hydrogens (tertiary/aromatic N) is 4. The quantitative estimate of drug-likeness (QED) is 0.286. The fourth-order valence-corrected chi connectivity index (χ4v) is 3.26. The number of benzene rings is 2. The summed E-state index contributed by atoms with van der Waals surface area (Å²) >= 11 is 0. The van der Waals surface area contributed by atoms with E-state index < -0.39 is 42.3 Å². The van der Waals surface area contributed by atoms with E-state index in [0.29, 0.717) is 6.07 Å². The molecule has 35 heavy (non-hydrogen) atoms. The number of rotatable bonds is 5. The molecular formula is C23H16F7N5. The fraction of sp³-hybridized carbons (Fsp3) is 0.261. The molecule has 4 rings (SSSR count). The van der Waals surface area contributed by atoms with Crippen LogP contribution in [-0.2, 0) is 0 Å². The van der Waals surface area contributed by atoms with Gasteiger partial charge in [-0.05, 0) is 38.1 Å². The average molecular weight is 495 g/mol. The number of anilines is 1. The summed E-state index contributed by atoms with van der Waals surface area (Å²) in [6, 6.07) is 4.88. The molecule has 0 saturated carbocycles. The van der Waals surface area contributed by atoms with Gasteiger partial charge in [0.25, 0.3) is 18.6 Å². The highest BCUT2D eigenvalue weighted by Crippen LogP contribution is 2.31. The van der Waals surface area contributed by atoms with Crippen LogP contribution >= 0.6 is 0 Å². The fourth-order valence-electron chi connectivity index (χ4n) is 3.26. The van der Waals surface area contributed by atoms with Crippen LogP contribution in [-0.4, -0.2) is 39.0 Å². The number of alkyl halides is 4. The zero-order valence-electron chi connectivity index (χ0n) is 18.2. The number of hydrogen-bond acceptors (Lipinski definition) is 4. The van der Waals surface area contributed by atoms with Crippen LogP contribution in [0, 0.1) is 34.7 Å². The van der Waals surface area contributed by atoms with Crippen molar-refractivity contribution in [3.05, 3.63) is 53.3 Å². The molecule has 0 aliphatic heterocycles. The van der Waals surface area contributed by atoms with Crippen LogP contribution in [0.1, 0.15) is 19.4 Å². The summed E-state index contributed by atoms with van der Waals surface area (Å²) in [6.45, 7) is 1.63. The molecule has 0 saturated heterocycles. The number of hydrogen-bond donors (Lipinski definition) is 1. The Bertz CT molecular complexity index is 1480. The Balaban J connectivity index is 1.93. The zero-order chi connectivity index (χ0) is 25.5. The molecule has 0 aliphatic rings. The largest absolute Gasteiger partial charge is 0.364 e. The Morgan fingerprint density at radius 1 is 0.971 bits per heavy atom. The molecule has 2 aromatic heterocycles. The van der Waals surface area contributed by atoms with Crippen LogP contribution < -0.4 is 5.32 Å². The van der Waals surface area contributed by atoms with Gasteiger partial charge in [-0.1, -0.05) is 11.8 Å². The van der Waals surface area contributed by atoms with Gasteiger partial charge in [0.05, 0.1) is 17.5 Å². The van der Waals surface area contributed by atoms with Gasteiger partial charge in [-0.2, -0.15) is 4.98 Å². The van der Waals surface area contributed by atoms with Gasteiger partial charge in [0.1, 0.15) is 17.5 Å². The summed E-state index contributed by atoms with van der Waals surface area (Å²) in [5.41, 5.74) is -1.84. The van der Waals surface area contributed by atoms with E-state index in [1.54, 1.807) is 0 Å². The summed E-state index contributed by atoms with van der Waals surface area (Å²) in [4.78, 5) is 4.04. The Labute approximate surface area is 194 Å². The van der Waals surface area contributed by atoms with Gasteiger partial charge < -0.3 is 5.32 Å². The second kappa shape index (κ2) is 9.05. The molecule has 0 spiro atoms. The molecule has 4 aromatic rings. The maximum Gasteiger partial charge on any atom is 0.257 e. The van der Waals surface area contributed by atoms with E-state index in [1.165, 1.54) is 19.9 Å². The van der Waals surface area contributed by atoms with Gasteiger partial charge in [-0.3, -0.25) is 4.40 Å². The van der Waals surface area contributed by atoms with Crippen molar-refractivity contribution in [2.45, 2.75) is 26.7 Å². The summed E-state index contributed by atoms with van der Waals surface area (Å²) < 4.78 is 96.0. The smallest absolute Gasteiger partial charge is 0.257 e. The molecule has 0 atom stereocenters. The first-order valence-electron chi connectivity index (χ1n) is 10.1. The molecule has 182 valence electrons. The van der Waals surface area contributed by atoms with Crippen LogP contribution in [0.25, 0.3) is 28.1 Å². The van der Waals surface area contributed by atoms with Crippen molar-refractivity contribution in [3.8, 4) is 23.2 Å². The minimum atomic E-state index is -2.77. The van der Waals surface area contributed by atoms with Gasteiger partial charge >= 0.3 is 0 Å². The van der Waals surface area contributed by atoms with E-state index in [1.807, 2.05) is 0 Å². The monoisotopic (exact) mass is 495 g/mol. The molecule has 12 heteroatoms. The summed E-state index contributed by atoms with van der Waals surface area (Å²) in [5.74, 6) is 1.49. The van der Waals surface area contributed by atoms with Gasteiger partial charge in [0, 0.05) is 22.6 Å². The lowest BCUT2D eigenvalue weighted by atomic mass is 9.94. The maximum absolute atomic E-state index is 14.9. The second-order valence-corrected chi connectivity index (χ2v) is 8.18. The van der Waals surface area contributed by atoms with Gasteiger partial charge in [-0.25, -0.2) is 30.7 Å². The lowest BCUT2D eigenvalue weighted by molar-refractivity contribution is 0.0570. The predicted molar refractivity (Wildman–Crippen MR) is 115 cm³/mol. The average Bonchev–Trinajstić information content (AvgIpc) is 3.19. The molecule has 1 N–H and O–H groups in total. The van der Waals surface area contributed by atoms with Gasteiger partial charge in [0.15, 0.2) is 11.6 Å². The van der Waals surface area contributed by atoms with Crippen LogP contribution in [0.5, 0.6) is 0 Å². The Hall–Kier alpha value is -3.88. The molecule has 0 unspecified atom stereocenters. The molecular weight excluding hydrogens is 479 g/mol. The Morgan fingerprint density at radius 3 is 2.37 bits per heavy atom. The molecule has 2 heterocycles. The van der Waals surface area contributed by atoms with E-state index in [9.17, 15) is 30.7 Å². The maximum atomic E-state index is 14.9. The predicted octanol–water partition coefficient (Wildman–Crippen LogP) is 5.68. The summed E-state index contributed by atoms with van der Waals surface area (Å²) in [5, 5.41) is 9.89. The zero-order valence-corrected chi connectivity index (χ0v) is 18.2. The van der Waals surface area contributed by atoms with Crippen molar-refractivity contribution in [2.24, 2.45) is 5.41 Å². The third-order valence-corrected chi connectivity index (χ3v) is 5.02. The molecule has 0 aliphatic carbocycles. The molecule has 5 nitrogen and oxygen atoms in total. The number of nitrogens with one attached hydrogen (secondary N) is 1.